The van der Waals surface area contributed by atoms with Crippen LogP contribution >= 0.6 is 0 Å². The fourth-order valence-corrected chi connectivity index (χ4v) is 2.14. The zero-order valence-corrected chi connectivity index (χ0v) is 12.1. The lowest BCUT2D eigenvalue weighted by molar-refractivity contribution is -0.324. The van der Waals surface area contributed by atoms with Crippen LogP contribution in [-0.4, -0.2) is 110 Å². The number of hydrogen-bond acceptors (Lipinski definition) is 11. The molecule has 11 heteroatoms. The molecule has 1 saturated heterocycles. The number of nitrogens with two attached hydrogens (primary N) is 1. The van der Waals surface area contributed by atoms with Crippen molar-refractivity contribution in [2.45, 2.75) is 55.1 Å². The Bertz CT molecular complexity index is 370. The average Bonchev–Trinajstić information content (AvgIpc) is 2.57. The fourth-order valence-electron chi connectivity index (χ4n) is 2.14. The maximum atomic E-state index is 10.6. The Morgan fingerprint density at radius 2 is 1.74 bits per heavy atom. The minimum absolute atomic E-state index is 0.193. The van der Waals surface area contributed by atoms with Gasteiger partial charge in [0.05, 0.1) is 19.3 Å². The topological polar surface area (TPSA) is 203 Å². The third kappa shape index (κ3) is 4.64. The molecule has 0 unspecified atom stereocenters. The summed E-state index contributed by atoms with van der Waals surface area (Å²) in [6, 6.07) is -1.45. The largest absolute Gasteiger partial charge is 0.394 e. The van der Waals surface area contributed by atoms with Crippen LogP contribution < -0.4 is 5.73 Å². The third-order valence-electron chi connectivity index (χ3n) is 3.59. The van der Waals surface area contributed by atoms with Crippen LogP contribution in [0.4, 0.5) is 0 Å². The van der Waals surface area contributed by atoms with E-state index in [0.29, 0.717) is 0 Å². The van der Waals surface area contributed by atoms with Crippen molar-refractivity contribution >= 4 is 6.29 Å². The van der Waals surface area contributed by atoms with Gasteiger partial charge in [-0.05, 0) is 0 Å². The minimum atomic E-state index is -1.78. The molecular weight excluding hydrogens is 318 g/mol. The van der Waals surface area contributed by atoms with E-state index >= 15 is 0 Å². The Labute approximate surface area is 131 Å². The van der Waals surface area contributed by atoms with Gasteiger partial charge < -0.3 is 55.7 Å². The lowest BCUT2D eigenvalue weighted by Crippen LogP contribution is -2.62. The number of aliphatic hydroxyl groups is 7. The van der Waals surface area contributed by atoms with Gasteiger partial charge in [-0.1, -0.05) is 0 Å². The van der Waals surface area contributed by atoms with E-state index in [1.807, 2.05) is 0 Å². The molecule has 9 atom stereocenters. The second-order valence-corrected chi connectivity index (χ2v) is 5.25. The van der Waals surface area contributed by atoms with Crippen LogP contribution in [0.25, 0.3) is 0 Å². The molecule has 1 heterocycles. The van der Waals surface area contributed by atoms with Crippen LogP contribution in [0, 0.1) is 0 Å². The first-order chi connectivity index (χ1) is 10.8. The molecule has 0 spiro atoms. The molecular formula is C12H23NO10. The molecule has 0 aromatic rings. The summed E-state index contributed by atoms with van der Waals surface area (Å²) in [7, 11) is 0. The lowest BCUT2D eigenvalue weighted by Gasteiger charge is -2.42. The Morgan fingerprint density at radius 1 is 1.13 bits per heavy atom. The van der Waals surface area contributed by atoms with E-state index in [1.165, 1.54) is 0 Å². The predicted octanol–water partition coefficient (Wildman–Crippen LogP) is -5.59. The van der Waals surface area contributed by atoms with Crippen LogP contribution in [-0.2, 0) is 14.3 Å². The van der Waals surface area contributed by atoms with Gasteiger partial charge in [0.25, 0.3) is 0 Å². The monoisotopic (exact) mass is 341 g/mol. The average molecular weight is 341 g/mol. The SMILES string of the molecule is N[C@@H](C=O)[C@@H](O)[C@@H](O[C@H]1O[C@H](CO)[C@H](O)[C@H](O)[C@H]1O)[C@H](O)CO. The van der Waals surface area contributed by atoms with E-state index in [4.69, 9.17) is 25.4 Å². The van der Waals surface area contributed by atoms with Crippen molar-refractivity contribution in [3.63, 3.8) is 0 Å². The van der Waals surface area contributed by atoms with Gasteiger partial charge in [-0.3, -0.25) is 0 Å². The number of aliphatic hydroxyl groups excluding tert-OH is 7. The van der Waals surface area contributed by atoms with Crippen molar-refractivity contribution in [3.05, 3.63) is 0 Å². The lowest BCUT2D eigenvalue weighted by atomic mass is 9.98. The summed E-state index contributed by atoms with van der Waals surface area (Å²) >= 11 is 0. The van der Waals surface area contributed by atoms with Gasteiger partial charge in [0, 0.05) is 0 Å². The molecule has 0 aromatic heterocycles. The highest BCUT2D eigenvalue weighted by Crippen LogP contribution is 2.24. The van der Waals surface area contributed by atoms with E-state index < -0.39 is 68.3 Å². The summed E-state index contributed by atoms with van der Waals surface area (Å²) in [5, 5.41) is 66.8. The molecule has 11 nitrogen and oxygen atoms in total. The minimum Gasteiger partial charge on any atom is -0.394 e. The standard InChI is InChI=1S/C12H23NO10/c13-4(1-14)7(18)11(5(17)2-15)23-12-10(21)9(20)8(19)6(3-16)22-12/h1,4-12,15-21H,2-3,13H2/t4-,5+,6+,7+,8-,9-,10+,11-,12+/m0/s1. The molecule has 1 fully saturated rings. The van der Waals surface area contributed by atoms with Gasteiger partial charge in [0.15, 0.2) is 6.29 Å². The number of carbonyl (C=O) groups is 1. The molecule has 0 aliphatic carbocycles. The number of carbonyl (C=O) groups excluding carboxylic acids is 1. The van der Waals surface area contributed by atoms with Crippen molar-refractivity contribution in [1.29, 1.82) is 0 Å². The van der Waals surface area contributed by atoms with E-state index in [1.54, 1.807) is 0 Å². The quantitative estimate of drug-likeness (QED) is 0.195. The molecule has 0 amide bonds. The maximum absolute atomic E-state index is 10.6. The Kier molecular flexibility index (Phi) is 7.89. The number of hydrogen-bond donors (Lipinski definition) is 8. The summed E-state index contributed by atoms with van der Waals surface area (Å²) in [5.41, 5.74) is 5.33. The highest BCUT2D eigenvalue weighted by molar-refractivity contribution is 5.58. The van der Waals surface area contributed by atoms with E-state index in [9.17, 15) is 30.3 Å². The Hall–Kier alpha value is -0.730. The van der Waals surface area contributed by atoms with Crippen LogP contribution in [0.15, 0.2) is 0 Å². The van der Waals surface area contributed by atoms with Crippen molar-refractivity contribution in [3.8, 4) is 0 Å². The van der Waals surface area contributed by atoms with Gasteiger partial charge in [-0.2, -0.15) is 0 Å². The Morgan fingerprint density at radius 3 is 2.22 bits per heavy atom. The van der Waals surface area contributed by atoms with Crippen LogP contribution in [0.2, 0.25) is 0 Å². The second-order valence-electron chi connectivity index (χ2n) is 5.25. The molecule has 0 bridgehead atoms. The molecule has 9 N–H and O–H groups in total. The first kappa shape index (κ1) is 20.3. The molecule has 23 heavy (non-hydrogen) atoms. The number of rotatable bonds is 8. The third-order valence-corrected chi connectivity index (χ3v) is 3.59. The second kappa shape index (κ2) is 8.94. The molecule has 1 aliphatic heterocycles. The highest BCUT2D eigenvalue weighted by atomic mass is 16.7. The van der Waals surface area contributed by atoms with Gasteiger partial charge in [-0.25, -0.2) is 0 Å². The summed E-state index contributed by atoms with van der Waals surface area (Å²) in [5.74, 6) is 0. The molecule has 1 rings (SSSR count). The summed E-state index contributed by atoms with van der Waals surface area (Å²) in [6.45, 7) is -1.56. The first-order valence-corrected chi connectivity index (χ1v) is 6.92. The van der Waals surface area contributed by atoms with E-state index in [-0.39, 0.29) is 6.29 Å². The molecule has 1 aliphatic rings. The van der Waals surface area contributed by atoms with Crippen molar-refractivity contribution in [1.82, 2.24) is 0 Å². The summed E-state index contributed by atoms with van der Waals surface area (Å²) in [6.07, 6.45) is -12.9. The molecule has 0 saturated carbocycles. The molecule has 136 valence electrons. The highest BCUT2D eigenvalue weighted by Gasteiger charge is 2.46. The van der Waals surface area contributed by atoms with Crippen LogP contribution in [0.1, 0.15) is 0 Å². The van der Waals surface area contributed by atoms with Crippen molar-refractivity contribution < 1.29 is 50.0 Å². The van der Waals surface area contributed by atoms with Crippen molar-refractivity contribution in [2.24, 2.45) is 5.73 Å². The summed E-state index contributed by atoms with van der Waals surface area (Å²) < 4.78 is 10.2. The number of ether oxygens (including phenoxy) is 2. The van der Waals surface area contributed by atoms with Gasteiger partial charge >= 0.3 is 0 Å². The Balaban J connectivity index is 2.91. The van der Waals surface area contributed by atoms with Gasteiger partial charge in [0.1, 0.15) is 49.0 Å². The van der Waals surface area contributed by atoms with E-state index in [0.717, 1.165) is 0 Å². The predicted molar refractivity (Wildman–Crippen MR) is 71.8 cm³/mol. The summed E-state index contributed by atoms with van der Waals surface area (Å²) in [4.78, 5) is 10.6. The zero-order valence-electron chi connectivity index (χ0n) is 12.1. The molecule has 0 radical (unpaired) electrons. The van der Waals surface area contributed by atoms with Gasteiger partial charge in [-0.15, -0.1) is 0 Å². The smallest absolute Gasteiger partial charge is 0.187 e. The van der Waals surface area contributed by atoms with Crippen LogP contribution in [0.5, 0.6) is 0 Å². The first-order valence-electron chi connectivity index (χ1n) is 6.92. The zero-order chi connectivity index (χ0) is 17.7. The number of aldehydes is 1. The van der Waals surface area contributed by atoms with Crippen LogP contribution in [0.3, 0.4) is 0 Å². The molecule has 0 aromatic carbocycles. The fraction of sp³-hybridized carbons (Fsp3) is 0.917. The normalized spacial score (nSPS) is 37.0. The maximum Gasteiger partial charge on any atom is 0.187 e. The van der Waals surface area contributed by atoms with Crippen molar-refractivity contribution in [2.75, 3.05) is 13.2 Å². The van der Waals surface area contributed by atoms with E-state index in [2.05, 4.69) is 0 Å². The van der Waals surface area contributed by atoms with Gasteiger partial charge in [0.2, 0.25) is 0 Å².